The lowest BCUT2D eigenvalue weighted by molar-refractivity contribution is 0.0696. The van der Waals surface area contributed by atoms with Gasteiger partial charge in [-0.25, -0.2) is 18.0 Å². The Kier molecular flexibility index (Phi) is 5.13. The third kappa shape index (κ3) is 4.38. The first kappa shape index (κ1) is 18.1. The zero-order chi connectivity index (χ0) is 18.6. The molecule has 0 spiro atoms. The molecule has 0 fully saturated rings. The number of hydrogen-bond donors (Lipinski definition) is 4. The third-order valence-electron chi connectivity index (χ3n) is 3.10. The number of benzene rings is 2. The number of nitrogens with one attached hydrogen (secondary N) is 2. The van der Waals surface area contributed by atoms with E-state index in [1.54, 1.807) is 0 Å². The van der Waals surface area contributed by atoms with Crippen molar-refractivity contribution in [3.8, 4) is 5.75 Å². The van der Waals surface area contributed by atoms with Gasteiger partial charge in [-0.1, -0.05) is 0 Å². The molecule has 10 heteroatoms. The lowest BCUT2D eigenvalue weighted by Crippen LogP contribution is -2.19. The van der Waals surface area contributed by atoms with Gasteiger partial charge < -0.3 is 20.9 Å². The maximum Gasteiger partial charge on any atom is 0.335 e. The third-order valence-corrected chi connectivity index (χ3v) is 4.51. The standard InChI is InChI=1S/C15H15N3O6S/c1-24-12-7-2-9(14(19)20)8-13(12)25(22,23)18-11-5-3-10(4-6-11)17-15(16)21/h2-8,18H,1H3,(H,19,20)(H3,16,17,21). The summed E-state index contributed by atoms with van der Waals surface area (Å²) in [5.41, 5.74) is 5.39. The summed E-state index contributed by atoms with van der Waals surface area (Å²) in [6.45, 7) is 0. The van der Waals surface area contributed by atoms with E-state index in [0.29, 0.717) is 5.69 Å². The highest BCUT2D eigenvalue weighted by Gasteiger charge is 2.21. The highest BCUT2D eigenvalue weighted by Crippen LogP contribution is 2.27. The Morgan fingerprint density at radius 2 is 1.68 bits per heavy atom. The van der Waals surface area contributed by atoms with Gasteiger partial charge in [-0.2, -0.15) is 0 Å². The Hall–Kier alpha value is -3.27. The van der Waals surface area contributed by atoms with E-state index in [1.165, 1.54) is 43.5 Å². The average Bonchev–Trinajstić information content (AvgIpc) is 2.55. The SMILES string of the molecule is COc1ccc(C(=O)O)cc1S(=O)(=O)Nc1ccc(NC(N)=O)cc1. The van der Waals surface area contributed by atoms with Gasteiger partial charge in [0.1, 0.15) is 10.6 Å². The number of nitrogens with two attached hydrogens (primary N) is 1. The normalized spacial score (nSPS) is 10.8. The van der Waals surface area contributed by atoms with Gasteiger partial charge in [0.15, 0.2) is 0 Å². The number of urea groups is 1. The number of carbonyl (C=O) groups is 2. The highest BCUT2D eigenvalue weighted by molar-refractivity contribution is 7.92. The summed E-state index contributed by atoms with van der Waals surface area (Å²) in [6.07, 6.45) is 0. The number of primary amides is 1. The smallest absolute Gasteiger partial charge is 0.335 e. The van der Waals surface area contributed by atoms with Crippen LogP contribution in [0, 0.1) is 0 Å². The number of rotatable bonds is 6. The summed E-state index contributed by atoms with van der Waals surface area (Å²) in [4.78, 5) is 21.5. The molecule has 9 nitrogen and oxygen atoms in total. The molecule has 0 atom stereocenters. The first-order valence-electron chi connectivity index (χ1n) is 6.83. The number of carboxylic acid groups (broad SMARTS) is 1. The van der Waals surface area contributed by atoms with Crippen LogP contribution in [0.2, 0.25) is 0 Å². The van der Waals surface area contributed by atoms with Crippen molar-refractivity contribution >= 4 is 33.4 Å². The molecule has 0 aliphatic heterocycles. The zero-order valence-electron chi connectivity index (χ0n) is 13.0. The summed E-state index contributed by atoms with van der Waals surface area (Å²) >= 11 is 0. The van der Waals surface area contributed by atoms with Crippen molar-refractivity contribution in [2.24, 2.45) is 5.73 Å². The molecule has 5 N–H and O–H groups in total. The highest BCUT2D eigenvalue weighted by atomic mass is 32.2. The predicted molar refractivity (Wildman–Crippen MR) is 90.4 cm³/mol. The second kappa shape index (κ2) is 7.09. The molecule has 0 aliphatic rings. The Morgan fingerprint density at radius 3 is 2.20 bits per heavy atom. The molecule has 0 unspecified atom stereocenters. The number of aromatic carboxylic acids is 1. The first-order chi connectivity index (χ1) is 11.7. The number of ether oxygens (including phenoxy) is 1. The van der Waals surface area contributed by atoms with Crippen molar-refractivity contribution < 1.29 is 27.9 Å². The number of hydrogen-bond acceptors (Lipinski definition) is 5. The van der Waals surface area contributed by atoms with Crippen molar-refractivity contribution in [2.75, 3.05) is 17.1 Å². The van der Waals surface area contributed by atoms with Gasteiger partial charge in [0.25, 0.3) is 10.0 Å². The van der Waals surface area contributed by atoms with Gasteiger partial charge in [0.05, 0.1) is 12.7 Å². The Morgan fingerprint density at radius 1 is 1.08 bits per heavy atom. The topological polar surface area (TPSA) is 148 Å². The maximum absolute atomic E-state index is 12.5. The minimum absolute atomic E-state index is 0.00418. The number of sulfonamides is 1. The van der Waals surface area contributed by atoms with Gasteiger partial charge in [0, 0.05) is 11.4 Å². The molecular weight excluding hydrogens is 350 g/mol. The molecule has 2 amide bonds. The van der Waals surface area contributed by atoms with Gasteiger partial charge in [0.2, 0.25) is 0 Å². The van der Waals surface area contributed by atoms with Crippen LogP contribution < -0.4 is 20.5 Å². The van der Waals surface area contributed by atoms with Gasteiger partial charge in [-0.15, -0.1) is 0 Å². The second-order valence-electron chi connectivity index (χ2n) is 4.84. The number of carboxylic acids is 1. The van der Waals surface area contributed by atoms with Gasteiger partial charge in [-0.3, -0.25) is 4.72 Å². The Balaban J connectivity index is 2.34. The molecule has 2 aromatic rings. The van der Waals surface area contributed by atoms with E-state index in [1.807, 2.05) is 0 Å². The van der Waals surface area contributed by atoms with E-state index < -0.39 is 22.0 Å². The molecule has 25 heavy (non-hydrogen) atoms. The molecule has 0 aromatic heterocycles. The van der Waals surface area contributed by atoms with Crippen LogP contribution in [0.5, 0.6) is 5.75 Å². The molecule has 132 valence electrons. The van der Waals surface area contributed by atoms with E-state index >= 15 is 0 Å². The molecule has 0 aliphatic carbocycles. The summed E-state index contributed by atoms with van der Waals surface area (Å²) in [6, 6.07) is 8.49. The fourth-order valence-corrected chi connectivity index (χ4v) is 3.25. The molecular formula is C15H15N3O6S. The average molecular weight is 365 g/mol. The Labute approximate surface area is 143 Å². The molecule has 2 rings (SSSR count). The largest absolute Gasteiger partial charge is 0.495 e. The van der Waals surface area contributed by atoms with Crippen LogP contribution in [-0.4, -0.2) is 32.6 Å². The van der Waals surface area contributed by atoms with Crippen LogP contribution in [0.25, 0.3) is 0 Å². The van der Waals surface area contributed by atoms with Crippen molar-refractivity contribution in [3.63, 3.8) is 0 Å². The second-order valence-corrected chi connectivity index (χ2v) is 6.49. The molecule has 0 radical (unpaired) electrons. The first-order valence-corrected chi connectivity index (χ1v) is 8.32. The van der Waals surface area contributed by atoms with Crippen LogP contribution in [-0.2, 0) is 10.0 Å². The summed E-state index contributed by atoms with van der Waals surface area (Å²) in [7, 11) is -2.82. The van der Waals surface area contributed by atoms with Crippen molar-refractivity contribution in [1.82, 2.24) is 0 Å². The fourth-order valence-electron chi connectivity index (χ4n) is 1.99. The van der Waals surface area contributed by atoms with Gasteiger partial charge in [-0.05, 0) is 42.5 Å². The zero-order valence-corrected chi connectivity index (χ0v) is 13.8. The van der Waals surface area contributed by atoms with E-state index in [2.05, 4.69) is 10.0 Å². The number of methoxy groups -OCH3 is 1. The van der Waals surface area contributed by atoms with Crippen molar-refractivity contribution in [1.29, 1.82) is 0 Å². The van der Waals surface area contributed by atoms with Crippen LogP contribution in [0.4, 0.5) is 16.2 Å². The maximum atomic E-state index is 12.5. The van der Waals surface area contributed by atoms with Gasteiger partial charge >= 0.3 is 12.0 Å². The summed E-state index contributed by atoms with van der Waals surface area (Å²) < 4.78 is 32.4. The molecule has 0 bridgehead atoms. The van der Waals surface area contributed by atoms with Crippen LogP contribution in [0.1, 0.15) is 10.4 Å². The van der Waals surface area contributed by atoms with Crippen LogP contribution in [0.15, 0.2) is 47.4 Å². The molecule has 0 saturated carbocycles. The lowest BCUT2D eigenvalue weighted by atomic mass is 10.2. The quantitative estimate of drug-likeness (QED) is 0.612. The van der Waals surface area contributed by atoms with Crippen molar-refractivity contribution in [3.05, 3.63) is 48.0 Å². The number of carbonyl (C=O) groups excluding carboxylic acids is 1. The molecule has 0 saturated heterocycles. The van der Waals surface area contributed by atoms with E-state index in [9.17, 15) is 18.0 Å². The van der Waals surface area contributed by atoms with E-state index in [4.69, 9.17) is 15.6 Å². The lowest BCUT2D eigenvalue weighted by Gasteiger charge is -2.12. The monoisotopic (exact) mass is 365 g/mol. The summed E-state index contributed by atoms with van der Waals surface area (Å²) in [5.74, 6) is -1.26. The number of anilines is 2. The minimum Gasteiger partial charge on any atom is -0.495 e. The molecule has 2 aromatic carbocycles. The molecule has 0 heterocycles. The fraction of sp³-hybridized carbons (Fsp3) is 0.0667. The predicted octanol–water partition coefficient (Wildman–Crippen LogP) is 1.68. The van der Waals surface area contributed by atoms with Crippen LogP contribution in [0.3, 0.4) is 0 Å². The van der Waals surface area contributed by atoms with E-state index in [0.717, 1.165) is 6.07 Å². The Bertz CT molecular complexity index is 909. The van der Waals surface area contributed by atoms with Crippen LogP contribution >= 0.6 is 0 Å². The number of amides is 2. The summed E-state index contributed by atoms with van der Waals surface area (Å²) in [5, 5.41) is 11.4. The minimum atomic E-state index is -4.10. The van der Waals surface area contributed by atoms with Crippen molar-refractivity contribution in [2.45, 2.75) is 4.90 Å². The van der Waals surface area contributed by atoms with E-state index in [-0.39, 0.29) is 21.9 Å².